The van der Waals surface area contributed by atoms with Crippen molar-refractivity contribution in [2.45, 2.75) is 43.1 Å². The SMILES string of the molecule is C[C@]1(O)CCCN(S(=O)(=O)c2ccc(OCc3cnc(Cl)s3)cc2)[C@@H]1OC(=O)NO. The smallest absolute Gasteiger partial charge is 0.432 e. The maximum atomic E-state index is 13.1. The van der Waals surface area contributed by atoms with Gasteiger partial charge >= 0.3 is 6.09 Å². The predicted octanol–water partition coefficient (Wildman–Crippen LogP) is 2.35. The second kappa shape index (κ2) is 9.04. The molecule has 1 aromatic carbocycles. The number of aromatic nitrogens is 1. The minimum absolute atomic E-state index is 0.0340. The van der Waals surface area contributed by atoms with E-state index in [1.54, 1.807) is 6.20 Å². The summed E-state index contributed by atoms with van der Waals surface area (Å²) in [7, 11) is -4.11. The zero-order valence-electron chi connectivity index (χ0n) is 15.8. The number of nitrogens with one attached hydrogen (secondary N) is 1. The van der Waals surface area contributed by atoms with Crippen LogP contribution in [0.3, 0.4) is 0 Å². The van der Waals surface area contributed by atoms with Gasteiger partial charge in [0.05, 0.1) is 9.77 Å². The van der Waals surface area contributed by atoms with Gasteiger partial charge in [0.25, 0.3) is 0 Å². The normalized spacial score (nSPS) is 22.5. The van der Waals surface area contributed by atoms with Crippen molar-refractivity contribution in [2.24, 2.45) is 0 Å². The third-order valence-electron chi connectivity index (χ3n) is 4.50. The lowest BCUT2D eigenvalue weighted by atomic mass is 9.94. The molecule has 2 heterocycles. The molecular weight excluding hydrogens is 458 g/mol. The summed E-state index contributed by atoms with van der Waals surface area (Å²) in [6.07, 6.45) is -0.594. The van der Waals surface area contributed by atoms with E-state index in [0.717, 1.165) is 9.18 Å². The van der Waals surface area contributed by atoms with Gasteiger partial charge in [-0.15, -0.1) is 11.3 Å². The number of carbonyl (C=O) groups excluding carboxylic acids is 1. The van der Waals surface area contributed by atoms with Crippen LogP contribution in [0, 0.1) is 0 Å². The van der Waals surface area contributed by atoms with E-state index in [0.29, 0.717) is 16.6 Å². The minimum Gasteiger partial charge on any atom is -0.488 e. The van der Waals surface area contributed by atoms with Crippen LogP contribution in [-0.4, -0.2) is 52.5 Å². The van der Waals surface area contributed by atoms with Crippen molar-refractivity contribution in [1.82, 2.24) is 14.8 Å². The van der Waals surface area contributed by atoms with Gasteiger partial charge < -0.3 is 14.6 Å². The van der Waals surface area contributed by atoms with Crippen LogP contribution in [-0.2, 0) is 21.4 Å². The van der Waals surface area contributed by atoms with Crippen LogP contribution < -0.4 is 10.2 Å². The quantitative estimate of drug-likeness (QED) is 0.425. The number of rotatable bonds is 6. The number of carbonyl (C=O) groups is 1. The van der Waals surface area contributed by atoms with Crippen molar-refractivity contribution in [1.29, 1.82) is 0 Å². The van der Waals surface area contributed by atoms with Crippen LogP contribution in [0.5, 0.6) is 5.75 Å². The zero-order valence-corrected chi connectivity index (χ0v) is 18.2. The number of aliphatic hydroxyl groups is 1. The van der Waals surface area contributed by atoms with Crippen LogP contribution in [0.15, 0.2) is 35.4 Å². The van der Waals surface area contributed by atoms with E-state index in [1.165, 1.54) is 48.0 Å². The Morgan fingerprint density at radius 2 is 2.13 bits per heavy atom. The number of amides is 1. The summed E-state index contributed by atoms with van der Waals surface area (Å²) in [5.74, 6) is 0.441. The first kappa shape index (κ1) is 22.7. The maximum absolute atomic E-state index is 13.1. The van der Waals surface area contributed by atoms with Gasteiger partial charge in [-0.3, -0.25) is 5.21 Å². The predicted molar refractivity (Wildman–Crippen MR) is 107 cm³/mol. The number of hydroxylamine groups is 1. The van der Waals surface area contributed by atoms with Gasteiger partial charge in [-0.05, 0) is 44.0 Å². The molecule has 3 N–H and O–H groups in total. The van der Waals surface area contributed by atoms with E-state index in [9.17, 15) is 18.3 Å². The molecule has 1 saturated heterocycles. The van der Waals surface area contributed by atoms with E-state index < -0.39 is 27.9 Å². The van der Waals surface area contributed by atoms with Crippen molar-refractivity contribution in [3.8, 4) is 5.75 Å². The Balaban J connectivity index is 1.78. The van der Waals surface area contributed by atoms with Crippen molar-refractivity contribution in [3.05, 3.63) is 39.8 Å². The molecule has 0 radical (unpaired) electrons. The highest BCUT2D eigenvalue weighted by Crippen LogP contribution is 2.33. The lowest BCUT2D eigenvalue weighted by molar-refractivity contribution is -0.141. The van der Waals surface area contributed by atoms with Gasteiger partial charge in [-0.1, -0.05) is 11.6 Å². The summed E-state index contributed by atoms with van der Waals surface area (Å²) >= 11 is 7.05. The van der Waals surface area contributed by atoms with Gasteiger partial charge in [-0.25, -0.2) is 23.7 Å². The molecule has 1 amide bonds. The lowest BCUT2D eigenvalue weighted by Crippen LogP contribution is -2.59. The molecule has 2 atom stereocenters. The molecule has 10 nitrogen and oxygen atoms in total. The van der Waals surface area contributed by atoms with Crippen LogP contribution in [0.4, 0.5) is 4.79 Å². The molecule has 2 aromatic rings. The Hall–Kier alpha value is -1.96. The Labute approximate surface area is 182 Å². The number of nitrogens with zero attached hydrogens (tertiary/aromatic N) is 2. The molecule has 0 unspecified atom stereocenters. The Bertz CT molecular complexity index is 995. The first-order valence-electron chi connectivity index (χ1n) is 8.81. The molecule has 30 heavy (non-hydrogen) atoms. The molecule has 3 rings (SSSR count). The number of halogens is 1. The van der Waals surface area contributed by atoms with E-state index in [1.807, 2.05) is 0 Å². The van der Waals surface area contributed by atoms with Crippen molar-refractivity contribution in [2.75, 3.05) is 6.54 Å². The average Bonchev–Trinajstić information content (AvgIpc) is 3.13. The molecule has 13 heteroatoms. The first-order valence-corrected chi connectivity index (χ1v) is 11.4. The largest absolute Gasteiger partial charge is 0.488 e. The van der Waals surface area contributed by atoms with E-state index in [4.69, 9.17) is 26.3 Å². The maximum Gasteiger partial charge on any atom is 0.432 e. The molecule has 1 aromatic heterocycles. The van der Waals surface area contributed by atoms with Crippen molar-refractivity contribution < 1.29 is 33.0 Å². The number of piperidine rings is 1. The summed E-state index contributed by atoms with van der Waals surface area (Å²) in [5, 5.41) is 19.3. The third-order valence-corrected chi connectivity index (χ3v) is 7.45. The molecule has 0 saturated carbocycles. The second-order valence-electron chi connectivity index (χ2n) is 6.79. The fourth-order valence-electron chi connectivity index (χ4n) is 3.05. The van der Waals surface area contributed by atoms with E-state index >= 15 is 0 Å². The zero-order chi connectivity index (χ0) is 21.9. The van der Waals surface area contributed by atoms with Crippen LogP contribution in [0.25, 0.3) is 0 Å². The Kier molecular flexibility index (Phi) is 6.84. The summed E-state index contributed by atoms with van der Waals surface area (Å²) in [6.45, 7) is 1.64. The highest BCUT2D eigenvalue weighted by molar-refractivity contribution is 7.89. The topological polar surface area (TPSA) is 138 Å². The number of thiazole rings is 1. The lowest BCUT2D eigenvalue weighted by Gasteiger charge is -2.42. The molecule has 0 spiro atoms. The molecule has 1 fully saturated rings. The molecule has 1 aliphatic rings. The summed E-state index contributed by atoms with van der Waals surface area (Å²) in [4.78, 5) is 16.1. The molecule has 0 aliphatic carbocycles. The standard InChI is InChI=1S/C17H20ClN3O7S2/c1-17(23)7-2-8-21(14(17)28-16(22)20-24)30(25,26)13-5-3-11(4-6-13)27-10-12-9-19-15(18)29-12/h3-6,9,14,23-24H,2,7-8,10H2,1H3,(H,20,22)/t14-,17+/m1/s1. The highest BCUT2D eigenvalue weighted by atomic mass is 35.5. The first-order chi connectivity index (χ1) is 14.1. The monoisotopic (exact) mass is 477 g/mol. The van der Waals surface area contributed by atoms with Gasteiger partial charge in [0, 0.05) is 12.7 Å². The molecule has 1 aliphatic heterocycles. The molecule has 164 valence electrons. The molecule has 0 bridgehead atoms. The fourth-order valence-corrected chi connectivity index (χ4v) is 5.59. The minimum atomic E-state index is -4.11. The number of hydrogen-bond acceptors (Lipinski definition) is 9. The number of hydrogen-bond donors (Lipinski definition) is 3. The van der Waals surface area contributed by atoms with Crippen LogP contribution >= 0.6 is 22.9 Å². The average molecular weight is 478 g/mol. The van der Waals surface area contributed by atoms with Crippen LogP contribution in [0.1, 0.15) is 24.6 Å². The fraction of sp³-hybridized carbons (Fsp3) is 0.412. The summed E-state index contributed by atoms with van der Waals surface area (Å²) < 4.78 is 38.1. The number of benzene rings is 1. The van der Waals surface area contributed by atoms with Crippen molar-refractivity contribution in [3.63, 3.8) is 0 Å². The van der Waals surface area contributed by atoms with Gasteiger partial charge in [-0.2, -0.15) is 4.31 Å². The van der Waals surface area contributed by atoms with Gasteiger partial charge in [0.2, 0.25) is 10.0 Å². The Morgan fingerprint density at radius 1 is 1.43 bits per heavy atom. The van der Waals surface area contributed by atoms with Gasteiger partial charge in [0.15, 0.2) is 10.7 Å². The van der Waals surface area contributed by atoms with E-state index in [2.05, 4.69) is 4.98 Å². The van der Waals surface area contributed by atoms with Crippen molar-refractivity contribution >= 4 is 39.1 Å². The second-order valence-corrected chi connectivity index (χ2v) is 10.4. The molecular formula is C17H20ClN3O7S2. The highest BCUT2D eigenvalue weighted by Gasteiger charge is 2.47. The van der Waals surface area contributed by atoms with Gasteiger partial charge in [0.1, 0.15) is 18.0 Å². The summed E-state index contributed by atoms with van der Waals surface area (Å²) in [6, 6.07) is 5.70. The number of sulfonamides is 1. The number of ether oxygens (including phenoxy) is 2. The third kappa shape index (κ3) is 5.02. The summed E-state index contributed by atoms with van der Waals surface area (Å²) in [5.41, 5.74) is -0.352. The Morgan fingerprint density at radius 3 is 2.73 bits per heavy atom. The van der Waals surface area contributed by atoms with Crippen LogP contribution in [0.2, 0.25) is 4.47 Å². The van der Waals surface area contributed by atoms with E-state index in [-0.39, 0.29) is 24.5 Å².